The molecule has 0 spiro atoms. The molecule has 0 aliphatic carbocycles. The van der Waals surface area contributed by atoms with Crippen LogP contribution in [0.25, 0.3) is 0 Å². The molecule has 0 aliphatic heterocycles. The quantitative estimate of drug-likeness (QED) is 0.812. The fourth-order valence-electron chi connectivity index (χ4n) is 1.41. The van der Waals surface area contributed by atoms with Crippen LogP contribution in [-0.2, 0) is 4.79 Å². The summed E-state index contributed by atoms with van der Waals surface area (Å²) in [6, 6.07) is 1.91. The number of carbonyl (C=O) groups is 1. The number of aliphatic carboxylic acids is 1. The Hall–Kier alpha value is -0.830. The summed E-state index contributed by atoms with van der Waals surface area (Å²) >= 11 is 1.56. The van der Waals surface area contributed by atoms with Crippen LogP contribution >= 0.6 is 11.3 Å². The van der Waals surface area contributed by atoms with Crippen LogP contribution in [0.3, 0.4) is 0 Å². The molecular weight excluding hydrogens is 196 g/mol. The Morgan fingerprint density at radius 3 is 2.64 bits per heavy atom. The van der Waals surface area contributed by atoms with Crippen molar-refractivity contribution in [2.24, 2.45) is 5.92 Å². The lowest BCUT2D eigenvalue weighted by Gasteiger charge is -2.11. The Bertz CT molecular complexity index is 277. The predicted molar refractivity (Wildman–Crippen MR) is 58.8 cm³/mol. The second-order valence-electron chi connectivity index (χ2n) is 3.92. The van der Waals surface area contributed by atoms with Gasteiger partial charge < -0.3 is 5.11 Å². The molecule has 14 heavy (non-hydrogen) atoms. The first-order chi connectivity index (χ1) is 6.61. The number of carboxylic acid groups (broad SMARTS) is 1. The summed E-state index contributed by atoms with van der Waals surface area (Å²) in [6.45, 7) is 4.24. The van der Waals surface area contributed by atoms with Gasteiger partial charge in [-0.3, -0.25) is 4.79 Å². The van der Waals surface area contributed by atoms with E-state index in [1.165, 1.54) is 0 Å². The van der Waals surface area contributed by atoms with Crippen LogP contribution in [0.4, 0.5) is 0 Å². The molecule has 1 N–H and O–H groups in total. The van der Waals surface area contributed by atoms with E-state index in [1.807, 2.05) is 16.8 Å². The van der Waals surface area contributed by atoms with E-state index >= 15 is 0 Å². The third kappa shape index (κ3) is 3.14. The largest absolute Gasteiger partial charge is 0.481 e. The molecule has 0 amide bonds. The first-order valence-electron chi connectivity index (χ1n) is 4.86. The van der Waals surface area contributed by atoms with Crippen molar-refractivity contribution in [3.63, 3.8) is 0 Å². The van der Waals surface area contributed by atoms with Gasteiger partial charge in [0.25, 0.3) is 0 Å². The van der Waals surface area contributed by atoms with Crippen molar-refractivity contribution in [3.8, 4) is 0 Å². The van der Waals surface area contributed by atoms with Gasteiger partial charge in [0.1, 0.15) is 0 Å². The molecule has 1 rings (SSSR count). The summed E-state index contributed by atoms with van der Waals surface area (Å²) in [7, 11) is 0. The molecule has 1 unspecified atom stereocenters. The van der Waals surface area contributed by atoms with Crippen LogP contribution in [-0.4, -0.2) is 11.1 Å². The SMILES string of the molecule is CC(C)CCC(C(=O)O)c1ccsc1. The molecule has 0 bridgehead atoms. The fourth-order valence-corrected chi connectivity index (χ4v) is 2.12. The monoisotopic (exact) mass is 212 g/mol. The van der Waals surface area contributed by atoms with E-state index in [-0.39, 0.29) is 5.92 Å². The zero-order valence-electron chi connectivity index (χ0n) is 8.56. The van der Waals surface area contributed by atoms with Gasteiger partial charge >= 0.3 is 5.97 Å². The van der Waals surface area contributed by atoms with Gasteiger partial charge in [0.15, 0.2) is 0 Å². The predicted octanol–water partition coefficient (Wildman–Crippen LogP) is 3.35. The molecule has 1 atom stereocenters. The molecule has 78 valence electrons. The van der Waals surface area contributed by atoms with Crippen molar-refractivity contribution in [2.45, 2.75) is 32.6 Å². The van der Waals surface area contributed by atoms with E-state index in [4.69, 9.17) is 5.11 Å². The average Bonchev–Trinajstić information content (AvgIpc) is 2.56. The van der Waals surface area contributed by atoms with Crippen LogP contribution < -0.4 is 0 Å². The number of hydrogen-bond donors (Lipinski definition) is 1. The molecular formula is C11H16O2S. The van der Waals surface area contributed by atoms with Crippen molar-refractivity contribution in [1.82, 2.24) is 0 Å². The van der Waals surface area contributed by atoms with Gasteiger partial charge in [0, 0.05) is 0 Å². The van der Waals surface area contributed by atoms with Gasteiger partial charge in [0.05, 0.1) is 5.92 Å². The Labute approximate surface area is 88.6 Å². The summed E-state index contributed by atoms with van der Waals surface area (Å²) in [5.41, 5.74) is 0.947. The van der Waals surface area contributed by atoms with E-state index in [0.717, 1.165) is 18.4 Å². The summed E-state index contributed by atoms with van der Waals surface area (Å²) < 4.78 is 0. The summed E-state index contributed by atoms with van der Waals surface area (Å²) in [5.74, 6) is -0.455. The Morgan fingerprint density at radius 1 is 1.50 bits per heavy atom. The molecule has 3 heteroatoms. The molecule has 0 saturated heterocycles. The van der Waals surface area contributed by atoms with Crippen molar-refractivity contribution in [1.29, 1.82) is 0 Å². The van der Waals surface area contributed by atoms with Crippen molar-refractivity contribution in [2.75, 3.05) is 0 Å². The molecule has 0 aliphatic rings. The topological polar surface area (TPSA) is 37.3 Å². The van der Waals surface area contributed by atoms with Gasteiger partial charge in [-0.25, -0.2) is 0 Å². The lowest BCUT2D eigenvalue weighted by Crippen LogP contribution is -2.11. The lowest BCUT2D eigenvalue weighted by atomic mass is 9.93. The number of carboxylic acids is 1. The highest BCUT2D eigenvalue weighted by atomic mass is 32.1. The highest BCUT2D eigenvalue weighted by molar-refractivity contribution is 7.08. The molecule has 2 nitrogen and oxygen atoms in total. The standard InChI is InChI=1S/C11H16O2S/c1-8(2)3-4-10(11(12)13)9-5-6-14-7-9/h5-8,10H,3-4H2,1-2H3,(H,12,13). The fraction of sp³-hybridized carbons (Fsp3) is 0.545. The molecule has 1 heterocycles. The van der Waals surface area contributed by atoms with Crippen LogP contribution in [0.5, 0.6) is 0 Å². The Kier molecular flexibility index (Phi) is 4.14. The van der Waals surface area contributed by atoms with E-state index in [2.05, 4.69) is 13.8 Å². The smallest absolute Gasteiger partial charge is 0.311 e. The van der Waals surface area contributed by atoms with Gasteiger partial charge in [-0.15, -0.1) is 0 Å². The van der Waals surface area contributed by atoms with Crippen LogP contribution in [0.2, 0.25) is 0 Å². The summed E-state index contributed by atoms with van der Waals surface area (Å²) in [5, 5.41) is 12.9. The maximum absolute atomic E-state index is 11.0. The molecule has 1 aromatic heterocycles. The van der Waals surface area contributed by atoms with Crippen molar-refractivity contribution in [3.05, 3.63) is 22.4 Å². The molecule has 0 saturated carbocycles. The van der Waals surface area contributed by atoms with Gasteiger partial charge in [0.2, 0.25) is 0 Å². The minimum Gasteiger partial charge on any atom is -0.481 e. The van der Waals surface area contributed by atoms with Crippen LogP contribution in [0.1, 0.15) is 38.2 Å². The van der Waals surface area contributed by atoms with E-state index in [1.54, 1.807) is 11.3 Å². The van der Waals surface area contributed by atoms with Crippen LogP contribution in [0.15, 0.2) is 16.8 Å². The average molecular weight is 212 g/mol. The van der Waals surface area contributed by atoms with E-state index < -0.39 is 5.97 Å². The first-order valence-corrected chi connectivity index (χ1v) is 5.80. The van der Waals surface area contributed by atoms with Crippen molar-refractivity contribution >= 4 is 17.3 Å². The number of thiophene rings is 1. The minimum absolute atomic E-state index is 0.316. The van der Waals surface area contributed by atoms with Crippen molar-refractivity contribution < 1.29 is 9.90 Å². The van der Waals surface area contributed by atoms with Gasteiger partial charge in [-0.05, 0) is 41.1 Å². The zero-order valence-corrected chi connectivity index (χ0v) is 9.38. The minimum atomic E-state index is -0.705. The second-order valence-corrected chi connectivity index (χ2v) is 4.70. The Morgan fingerprint density at radius 2 is 2.21 bits per heavy atom. The lowest BCUT2D eigenvalue weighted by molar-refractivity contribution is -0.139. The molecule has 1 aromatic rings. The van der Waals surface area contributed by atoms with Gasteiger partial charge in [-0.1, -0.05) is 13.8 Å². The maximum atomic E-state index is 11.0. The van der Waals surface area contributed by atoms with Crippen LogP contribution in [0, 0.1) is 5.92 Å². The van der Waals surface area contributed by atoms with E-state index in [0.29, 0.717) is 5.92 Å². The normalized spacial score (nSPS) is 13.1. The van der Waals surface area contributed by atoms with Gasteiger partial charge in [-0.2, -0.15) is 11.3 Å². The Balaban J connectivity index is 2.61. The highest BCUT2D eigenvalue weighted by Gasteiger charge is 2.19. The highest BCUT2D eigenvalue weighted by Crippen LogP contribution is 2.25. The maximum Gasteiger partial charge on any atom is 0.311 e. The summed E-state index contributed by atoms with van der Waals surface area (Å²) in [4.78, 5) is 11.0. The summed E-state index contributed by atoms with van der Waals surface area (Å²) in [6.07, 6.45) is 1.70. The third-order valence-corrected chi connectivity index (χ3v) is 2.98. The number of hydrogen-bond acceptors (Lipinski definition) is 2. The van der Waals surface area contributed by atoms with E-state index in [9.17, 15) is 4.79 Å². The first kappa shape index (κ1) is 11.2. The zero-order chi connectivity index (χ0) is 10.6. The molecule has 0 radical (unpaired) electrons. The molecule has 0 fully saturated rings. The number of rotatable bonds is 5. The molecule has 0 aromatic carbocycles. The third-order valence-electron chi connectivity index (χ3n) is 2.28. The second kappa shape index (κ2) is 5.15.